The average Bonchev–Trinajstić information content (AvgIpc) is 2.89. The van der Waals surface area contributed by atoms with Crippen molar-refractivity contribution in [1.82, 2.24) is 0 Å². The Balaban J connectivity index is 2.13. The molecular formula is C13H19N3O3. The number of nitrogens with zero attached hydrogens (tertiary/aromatic N) is 1. The lowest BCUT2D eigenvalue weighted by atomic mass is 10.2. The van der Waals surface area contributed by atoms with Gasteiger partial charge in [0.05, 0.1) is 11.0 Å². The van der Waals surface area contributed by atoms with Gasteiger partial charge in [-0.2, -0.15) is 0 Å². The van der Waals surface area contributed by atoms with Crippen molar-refractivity contribution in [2.24, 2.45) is 0 Å². The van der Waals surface area contributed by atoms with Crippen LogP contribution < -0.4 is 10.6 Å². The first-order chi connectivity index (χ1) is 9.22. The number of hydrogen-bond acceptors (Lipinski definition) is 5. The van der Waals surface area contributed by atoms with Crippen LogP contribution in [0.4, 0.5) is 17.1 Å². The molecule has 2 rings (SSSR count). The molecule has 0 bridgehead atoms. The Morgan fingerprint density at radius 2 is 2.16 bits per heavy atom. The molecule has 1 aliphatic heterocycles. The zero-order chi connectivity index (χ0) is 13.7. The highest BCUT2D eigenvalue weighted by molar-refractivity contribution is 5.76. The molecule has 0 saturated carbocycles. The Morgan fingerprint density at radius 3 is 2.74 bits per heavy atom. The lowest BCUT2D eigenvalue weighted by Gasteiger charge is -2.13. The van der Waals surface area contributed by atoms with Gasteiger partial charge in [-0.05, 0) is 31.9 Å². The second-order valence-electron chi connectivity index (χ2n) is 4.51. The van der Waals surface area contributed by atoms with Crippen LogP contribution in [-0.4, -0.2) is 30.7 Å². The molecule has 6 heteroatoms. The Labute approximate surface area is 112 Å². The highest BCUT2D eigenvalue weighted by Gasteiger charge is 2.21. The zero-order valence-corrected chi connectivity index (χ0v) is 11.0. The first-order valence-electron chi connectivity index (χ1n) is 6.59. The second-order valence-corrected chi connectivity index (χ2v) is 4.51. The van der Waals surface area contributed by atoms with Gasteiger partial charge in [0, 0.05) is 19.7 Å². The van der Waals surface area contributed by atoms with Crippen LogP contribution in [0.2, 0.25) is 0 Å². The number of rotatable bonds is 6. The molecular weight excluding hydrogens is 246 g/mol. The van der Waals surface area contributed by atoms with Crippen LogP contribution in [0, 0.1) is 10.1 Å². The summed E-state index contributed by atoms with van der Waals surface area (Å²) in [7, 11) is 0. The fourth-order valence-electron chi connectivity index (χ4n) is 2.25. The predicted molar refractivity (Wildman–Crippen MR) is 74.7 cm³/mol. The molecule has 0 aliphatic carbocycles. The molecule has 0 radical (unpaired) electrons. The van der Waals surface area contributed by atoms with E-state index < -0.39 is 0 Å². The smallest absolute Gasteiger partial charge is 0.315 e. The van der Waals surface area contributed by atoms with Gasteiger partial charge in [0.2, 0.25) is 0 Å². The van der Waals surface area contributed by atoms with E-state index in [2.05, 4.69) is 10.6 Å². The van der Waals surface area contributed by atoms with Crippen LogP contribution in [0.25, 0.3) is 0 Å². The summed E-state index contributed by atoms with van der Waals surface area (Å²) in [5.41, 5.74) is 1.19. The molecule has 0 amide bonds. The third-order valence-corrected chi connectivity index (χ3v) is 3.13. The maximum atomic E-state index is 11.2. The number of anilines is 2. The van der Waals surface area contributed by atoms with Gasteiger partial charge in [0.15, 0.2) is 0 Å². The largest absolute Gasteiger partial charge is 0.380 e. The molecule has 0 spiro atoms. The summed E-state index contributed by atoms with van der Waals surface area (Å²) in [5, 5.41) is 17.3. The van der Waals surface area contributed by atoms with Crippen molar-refractivity contribution in [3.05, 3.63) is 28.3 Å². The van der Waals surface area contributed by atoms with Crippen molar-refractivity contribution in [2.75, 3.05) is 30.3 Å². The molecule has 6 nitrogen and oxygen atoms in total. The SMILES string of the molecule is CCNc1cccc(NCC2CCCO2)c1[N+](=O)[O-]. The minimum absolute atomic E-state index is 0.0994. The highest BCUT2D eigenvalue weighted by atomic mass is 16.6. The van der Waals surface area contributed by atoms with Crippen LogP contribution in [0.3, 0.4) is 0 Å². The molecule has 2 N–H and O–H groups in total. The predicted octanol–water partition coefficient (Wildman–Crippen LogP) is 2.62. The Hall–Kier alpha value is -1.82. The van der Waals surface area contributed by atoms with Crippen LogP contribution in [0.5, 0.6) is 0 Å². The third kappa shape index (κ3) is 3.35. The van der Waals surface area contributed by atoms with Crippen LogP contribution in [-0.2, 0) is 4.74 Å². The molecule has 1 atom stereocenters. The first kappa shape index (κ1) is 13.6. The van der Waals surface area contributed by atoms with Gasteiger partial charge in [0.25, 0.3) is 0 Å². The number of para-hydroxylation sites is 1. The van der Waals surface area contributed by atoms with Crippen LogP contribution in [0.15, 0.2) is 18.2 Å². The van der Waals surface area contributed by atoms with Crippen molar-refractivity contribution in [3.63, 3.8) is 0 Å². The van der Waals surface area contributed by atoms with E-state index in [9.17, 15) is 10.1 Å². The summed E-state index contributed by atoms with van der Waals surface area (Å²) in [6, 6.07) is 5.26. The van der Waals surface area contributed by atoms with Crippen LogP contribution >= 0.6 is 0 Å². The first-order valence-corrected chi connectivity index (χ1v) is 6.59. The minimum atomic E-state index is -0.351. The summed E-state index contributed by atoms with van der Waals surface area (Å²) in [5.74, 6) is 0. The fourth-order valence-corrected chi connectivity index (χ4v) is 2.25. The summed E-state index contributed by atoms with van der Waals surface area (Å²) >= 11 is 0. The lowest BCUT2D eigenvalue weighted by Crippen LogP contribution is -2.19. The third-order valence-electron chi connectivity index (χ3n) is 3.13. The van der Waals surface area contributed by atoms with E-state index >= 15 is 0 Å². The molecule has 1 aromatic rings. The van der Waals surface area contributed by atoms with E-state index in [0.717, 1.165) is 19.4 Å². The number of nitro benzene ring substituents is 1. The number of nitrogens with one attached hydrogen (secondary N) is 2. The maximum absolute atomic E-state index is 11.2. The summed E-state index contributed by atoms with van der Waals surface area (Å²) < 4.78 is 5.50. The number of benzene rings is 1. The Bertz CT molecular complexity index is 445. The van der Waals surface area contributed by atoms with Gasteiger partial charge in [-0.25, -0.2) is 0 Å². The Kier molecular flexibility index (Phi) is 4.57. The summed E-state index contributed by atoms with van der Waals surface area (Å²) in [6.45, 7) is 3.95. The topological polar surface area (TPSA) is 76.4 Å². The molecule has 1 aliphatic rings. The van der Waals surface area contributed by atoms with E-state index in [1.165, 1.54) is 0 Å². The van der Waals surface area contributed by atoms with Crippen molar-refractivity contribution in [2.45, 2.75) is 25.9 Å². The lowest BCUT2D eigenvalue weighted by molar-refractivity contribution is -0.383. The van der Waals surface area contributed by atoms with Gasteiger partial charge in [-0.1, -0.05) is 6.07 Å². The van der Waals surface area contributed by atoms with Crippen molar-refractivity contribution < 1.29 is 9.66 Å². The Morgan fingerprint density at radius 1 is 1.42 bits per heavy atom. The molecule has 0 aromatic heterocycles. The van der Waals surface area contributed by atoms with Crippen LogP contribution in [0.1, 0.15) is 19.8 Å². The monoisotopic (exact) mass is 265 g/mol. The minimum Gasteiger partial charge on any atom is -0.380 e. The van der Waals surface area contributed by atoms with E-state index in [4.69, 9.17) is 4.74 Å². The molecule has 1 unspecified atom stereocenters. The van der Waals surface area contributed by atoms with Gasteiger partial charge < -0.3 is 15.4 Å². The molecule has 1 fully saturated rings. The van der Waals surface area contributed by atoms with Gasteiger partial charge in [-0.3, -0.25) is 10.1 Å². The second kappa shape index (κ2) is 6.38. The summed E-state index contributed by atoms with van der Waals surface area (Å²) in [4.78, 5) is 10.9. The number of ether oxygens (including phenoxy) is 1. The van der Waals surface area contributed by atoms with Gasteiger partial charge in [-0.15, -0.1) is 0 Å². The molecule has 1 saturated heterocycles. The summed E-state index contributed by atoms with van der Waals surface area (Å²) in [6.07, 6.45) is 2.22. The highest BCUT2D eigenvalue weighted by Crippen LogP contribution is 2.32. The van der Waals surface area contributed by atoms with Crippen molar-refractivity contribution >= 4 is 17.1 Å². The molecule has 19 heavy (non-hydrogen) atoms. The van der Waals surface area contributed by atoms with Gasteiger partial charge in [0.1, 0.15) is 11.4 Å². The fraction of sp³-hybridized carbons (Fsp3) is 0.538. The average molecular weight is 265 g/mol. The van der Waals surface area contributed by atoms with Crippen molar-refractivity contribution in [1.29, 1.82) is 0 Å². The zero-order valence-electron chi connectivity index (χ0n) is 11.0. The van der Waals surface area contributed by atoms with E-state index in [1.807, 2.05) is 13.0 Å². The quantitative estimate of drug-likeness (QED) is 0.610. The normalized spacial score (nSPS) is 18.3. The maximum Gasteiger partial charge on any atom is 0.315 e. The molecule has 1 heterocycles. The molecule has 1 aromatic carbocycles. The van der Waals surface area contributed by atoms with Crippen molar-refractivity contribution in [3.8, 4) is 0 Å². The van der Waals surface area contributed by atoms with E-state index in [-0.39, 0.29) is 16.7 Å². The van der Waals surface area contributed by atoms with Gasteiger partial charge >= 0.3 is 5.69 Å². The van der Waals surface area contributed by atoms with E-state index in [0.29, 0.717) is 24.5 Å². The number of nitro groups is 1. The molecule has 104 valence electrons. The van der Waals surface area contributed by atoms with E-state index in [1.54, 1.807) is 12.1 Å². The number of hydrogen-bond donors (Lipinski definition) is 2. The standard InChI is InChI=1S/C13H19N3O3/c1-2-14-11-6-3-7-12(13(11)16(17)18)15-9-10-5-4-8-19-10/h3,6-7,10,14-15H,2,4-5,8-9H2,1H3.